The maximum atomic E-state index is 13.0. The van der Waals surface area contributed by atoms with E-state index in [-0.39, 0.29) is 17.2 Å². The number of thioether (sulfide) groups is 1. The molecule has 3 aromatic carbocycles. The van der Waals surface area contributed by atoms with E-state index in [4.69, 9.17) is 4.74 Å². The molecule has 1 heterocycles. The number of halogens is 1. The summed E-state index contributed by atoms with van der Waals surface area (Å²) in [5, 5.41) is 6.28. The number of hydrogen-bond acceptors (Lipinski definition) is 4. The van der Waals surface area contributed by atoms with Crippen molar-refractivity contribution in [1.82, 2.24) is 5.32 Å². The molecule has 0 unspecified atom stereocenters. The molecule has 1 aliphatic heterocycles. The molecule has 31 heavy (non-hydrogen) atoms. The molecule has 0 spiro atoms. The number of carbonyl (C=O) groups is 1. The van der Waals surface area contributed by atoms with Crippen molar-refractivity contribution in [2.45, 2.75) is 25.4 Å². The molecule has 1 fully saturated rings. The molecule has 2 N–H and O–H groups in total. The maximum absolute atomic E-state index is 13.0. The van der Waals surface area contributed by atoms with E-state index in [1.165, 1.54) is 29.5 Å². The molecule has 1 aliphatic rings. The quantitative estimate of drug-likeness (QED) is 0.478. The van der Waals surface area contributed by atoms with Crippen LogP contribution in [-0.4, -0.2) is 11.4 Å². The van der Waals surface area contributed by atoms with Gasteiger partial charge in [-0.3, -0.25) is 4.79 Å². The van der Waals surface area contributed by atoms with Crippen LogP contribution < -0.4 is 15.4 Å². The predicted octanol–water partition coefficient (Wildman–Crippen LogP) is 5.57. The normalized spacial score (nSPS) is 16.9. The Labute approximate surface area is 185 Å². The molecule has 6 heteroatoms. The van der Waals surface area contributed by atoms with Crippen molar-refractivity contribution in [1.29, 1.82) is 0 Å². The predicted molar refractivity (Wildman–Crippen MR) is 124 cm³/mol. The van der Waals surface area contributed by atoms with Crippen LogP contribution in [0.2, 0.25) is 0 Å². The van der Waals surface area contributed by atoms with E-state index in [1.807, 2.05) is 42.5 Å². The molecular weight excluding hydrogens is 411 g/mol. The lowest BCUT2D eigenvalue weighted by Gasteiger charge is -2.12. The minimum Gasteiger partial charge on any atom is -0.489 e. The first-order chi connectivity index (χ1) is 15.1. The van der Waals surface area contributed by atoms with Crippen LogP contribution in [0.25, 0.3) is 6.08 Å². The Morgan fingerprint density at radius 3 is 2.35 bits per heavy atom. The Hall–Kier alpha value is -3.25. The lowest BCUT2D eigenvalue weighted by atomic mass is 10.1. The van der Waals surface area contributed by atoms with Crippen molar-refractivity contribution in [2.24, 2.45) is 0 Å². The van der Waals surface area contributed by atoms with Gasteiger partial charge in [0, 0.05) is 5.69 Å². The Morgan fingerprint density at radius 1 is 1.00 bits per heavy atom. The Bertz CT molecular complexity index is 1060. The molecule has 4 nitrogen and oxygen atoms in total. The molecule has 0 aromatic heterocycles. The average Bonchev–Trinajstić information content (AvgIpc) is 3.13. The number of hydrogen-bond donors (Lipinski definition) is 2. The van der Waals surface area contributed by atoms with E-state index in [9.17, 15) is 9.18 Å². The van der Waals surface area contributed by atoms with Crippen LogP contribution in [0.15, 0.2) is 77.7 Å². The summed E-state index contributed by atoms with van der Waals surface area (Å²) in [4.78, 5) is 13.0. The van der Waals surface area contributed by atoms with E-state index in [0.29, 0.717) is 17.3 Å². The van der Waals surface area contributed by atoms with Gasteiger partial charge >= 0.3 is 0 Å². The van der Waals surface area contributed by atoms with E-state index in [0.717, 1.165) is 23.2 Å². The van der Waals surface area contributed by atoms with Gasteiger partial charge in [-0.05, 0) is 65.6 Å². The number of aryl methyl sites for hydroxylation is 1. The highest BCUT2D eigenvalue weighted by Gasteiger charge is 2.27. The summed E-state index contributed by atoms with van der Waals surface area (Å²) in [7, 11) is 0. The Balaban J connectivity index is 1.34. The first-order valence-corrected chi connectivity index (χ1v) is 11.0. The molecule has 158 valence electrons. The maximum Gasteiger partial charge on any atom is 0.260 e. The first kappa shape index (κ1) is 21.0. The molecule has 3 aromatic rings. The largest absolute Gasteiger partial charge is 0.489 e. The summed E-state index contributed by atoms with van der Waals surface area (Å²) in [5.74, 6) is 0.358. The van der Waals surface area contributed by atoms with Gasteiger partial charge in [-0.15, -0.1) is 0 Å². The van der Waals surface area contributed by atoms with Crippen molar-refractivity contribution in [3.63, 3.8) is 0 Å². The highest BCUT2D eigenvalue weighted by molar-refractivity contribution is 8.05. The number of amides is 1. The van der Waals surface area contributed by atoms with Crippen LogP contribution in [0.5, 0.6) is 5.75 Å². The molecule has 0 radical (unpaired) electrons. The standard InChI is InChI=1S/C25H23FN2O2S/c1-2-17-5-11-21(12-6-17)27-25-28-24(29)23(31-25)15-18-7-13-22(14-8-18)30-16-19-3-9-20(26)10-4-19/h3-15,25,27H,2,16H2,1H3,(H,28,29)/b23-15-/t25-/m0/s1. The van der Waals surface area contributed by atoms with Gasteiger partial charge in [0.2, 0.25) is 0 Å². The SMILES string of the molecule is CCc1ccc(N[C@H]2NC(=O)/C(=C/c3ccc(OCc4ccc(F)cc4)cc3)S2)cc1. The van der Waals surface area contributed by atoms with Crippen LogP contribution in [0.4, 0.5) is 10.1 Å². The van der Waals surface area contributed by atoms with E-state index in [2.05, 4.69) is 29.7 Å². The third kappa shape index (κ3) is 5.67. The number of ether oxygens (including phenoxy) is 1. The minimum atomic E-state index is -0.262. The number of benzene rings is 3. The second kappa shape index (κ2) is 9.71. The van der Waals surface area contributed by atoms with E-state index in [1.54, 1.807) is 12.1 Å². The monoisotopic (exact) mass is 434 g/mol. The van der Waals surface area contributed by atoms with Crippen LogP contribution in [0.3, 0.4) is 0 Å². The minimum absolute atomic E-state index is 0.0932. The van der Waals surface area contributed by atoms with Gasteiger partial charge in [-0.25, -0.2) is 4.39 Å². The molecule has 4 rings (SSSR count). The van der Waals surface area contributed by atoms with Crippen LogP contribution in [0.1, 0.15) is 23.6 Å². The van der Waals surface area contributed by atoms with Gasteiger partial charge < -0.3 is 15.4 Å². The number of rotatable bonds is 7. The highest BCUT2D eigenvalue weighted by Crippen LogP contribution is 2.30. The fraction of sp³-hybridized carbons (Fsp3) is 0.160. The average molecular weight is 435 g/mol. The topological polar surface area (TPSA) is 50.4 Å². The van der Waals surface area contributed by atoms with Crippen molar-refractivity contribution >= 4 is 29.4 Å². The van der Waals surface area contributed by atoms with Crippen molar-refractivity contribution in [3.05, 3.63) is 100 Å². The van der Waals surface area contributed by atoms with Crippen molar-refractivity contribution in [3.8, 4) is 5.75 Å². The van der Waals surface area contributed by atoms with Gasteiger partial charge in [0.05, 0.1) is 4.91 Å². The second-order valence-electron chi connectivity index (χ2n) is 7.16. The van der Waals surface area contributed by atoms with E-state index < -0.39 is 0 Å². The summed E-state index contributed by atoms with van der Waals surface area (Å²) in [6.45, 7) is 2.49. The summed E-state index contributed by atoms with van der Waals surface area (Å²) in [6, 6.07) is 22.0. The number of nitrogens with one attached hydrogen (secondary N) is 2. The second-order valence-corrected chi connectivity index (χ2v) is 8.31. The zero-order chi connectivity index (χ0) is 21.6. The fourth-order valence-electron chi connectivity index (χ4n) is 3.11. The zero-order valence-corrected chi connectivity index (χ0v) is 17.9. The smallest absolute Gasteiger partial charge is 0.260 e. The number of anilines is 1. The van der Waals surface area contributed by atoms with Crippen LogP contribution in [-0.2, 0) is 17.8 Å². The van der Waals surface area contributed by atoms with Crippen LogP contribution >= 0.6 is 11.8 Å². The molecule has 0 saturated carbocycles. The molecule has 1 amide bonds. The van der Waals surface area contributed by atoms with Gasteiger partial charge in [0.25, 0.3) is 5.91 Å². The highest BCUT2D eigenvalue weighted by atomic mass is 32.2. The van der Waals surface area contributed by atoms with Gasteiger partial charge in [-0.1, -0.05) is 55.1 Å². The van der Waals surface area contributed by atoms with Gasteiger partial charge in [0.1, 0.15) is 18.2 Å². The van der Waals surface area contributed by atoms with Crippen molar-refractivity contribution < 1.29 is 13.9 Å². The van der Waals surface area contributed by atoms with Gasteiger partial charge in [0.15, 0.2) is 5.50 Å². The summed E-state index contributed by atoms with van der Waals surface area (Å²) >= 11 is 1.46. The Morgan fingerprint density at radius 2 is 1.68 bits per heavy atom. The molecule has 0 bridgehead atoms. The third-order valence-corrected chi connectivity index (χ3v) is 5.92. The number of carbonyl (C=O) groups excluding carboxylic acids is 1. The third-order valence-electron chi connectivity index (χ3n) is 4.89. The van der Waals surface area contributed by atoms with Crippen molar-refractivity contribution in [2.75, 3.05) is 5.32 Å². The molecule has 0 aliphatic carbocycles. The Kier molecular flexibility index (Phi) is 6.57. The van der Waals surface area contributed by atoms with Crippen LogP contribution in [0, 0.1) is 5.82 Å². The summed E-state index contributed by atoms with van der Waals surface area (Å²) < 4.78 is 18.7. The van der Waals surface area contributed by atoms with Gasteiger partial charge in [-0.2, -0.15) is 0 Å². The summed E-state index contributed by atoms with van der Waals surface area (Å²) in [6.07, 6.45) is 2.86. The summed E-state index contributed by atoms with van der Waals surface area (Å²) in [5.41, 5.74) is 3.86. The lowest BCUT2D eigenvalue weighted by Crippen LogP contribution is -2.30. The van der Waals surface area contributed by atoms with E-state index >= 15 is 0 Å². The fourth-order valence-corrected chi connectivity index (χ4v) is 4.10. The lowest BCUT2D eigenvalue weighted by molar-refractivity contribution is -0.116. The molecular formula is C25H23FN2O2S. The first-order valence-electron chi connectivity index (χ1n) is 10.1. The zero-order valence-electron chi connectivity index (χ0n) is 17.1. The molecule has 1 saturated heterocycles. The molecule has 1 atom stereocenters.